The highest BCUT2D eigenvalue weighted by Crippen LogP contribution is 2.25. The van der Waals surface area contributed by atoms with Crippen molar-refractivity contribution in [1.29, 1.82) is 0 Å². The predicted octanol–water partition coefficient (Wildman–Crippen LogP) is 4.88. The zero-order chi connectivity index (χ0) is 16.1. The predicted molar refractivity (Wildman–Crippen MR) is 88.8 cm³/mol. The number of carbonyl (C=O) groups excluding carboxylic acids is 1. The quantitative estimate of drug-likeness (QED) is 0.820. The van der Waals surface area contributed by atoms with Gasteiger partial charge >= 0.3 is 0 Å². The molecule has 0 aliphatic carbocycles. The van der Waals surface area contributed by atoms with Crippen molar-refractivity contribution in [2.24, 2.45) is 5.92 Å². The summed E-state index contributed by atoms with van der Waals surface area (Å²) in [7, 11) is 0. The van der Waals surface area contributed by atoms with Crippen molar-refractivity contribution in [3.05, 3.63) is 58.3 Å². The molecule has 0 heterocycles. The van der Waals surface area contributed by atoms with E-state index in [4.69, 9.17) is 4.74 Å². The van der Waals surface area contributed by atoms with Crippen LogP contribution in [0.15, 0.2) is 46.9 Å². The first-order valence-electron chi connectivity index (χ1n) is 6.95. The molecule has 5 heteroatoms. The summed E-state index contributed by atoms with van der Waals surface area (Å²) in [4.78, 5) is 12.4. The summed E-state index contributed by atoms with van der Waals surface area (Å²) in [5.74, 6) is 0.237. The van der Waals surface area contributed by atoms with E-state index >= 15 is 0 Å². The number of rotatable bonds is 5. The maximum atomic E-state index is 12.9. The van der Waals surface area contributed by atoms with Gasteiger partial charge in [0.05, 0.1) is 12.2 Å². The molecule has 0 saturated heterocycles. The van der Waals surface area contributed by atoms with E-state index in [0.717, 1.165) is 4.47 Å². The molecule has 0 aromatic heterocycles. The molecule has 0 unspecified atom stereocenters. The fraction of sp³-hybridized carbons (Fsp3) is 0.235. The standard InChI is InChI=1S/C17H17BrFNO2/c1-11(2)10-22-16-8-3-12(18)9-15(16)17(21)20-14-6-4-13(19)5-7-14/h3-9,11H,10H2,1-2H3,(H,20,21). The van der Waals surface area contributed by atoms with Crippen LogP contribution in [0, 0.1) is 11.7 Å². The number of benzene rings is 2. The Kier molecular flexibility index (Phi) is 5.55. The Balaban J connectivity index is 2.20. The highest BCUT2D eigenvalue weighted by molar-refractivity contribution is 9.10. The first kappa shape index (κ1) is 16.5. The number of halogens is 2. The molecule has 1 amide bonds. The molecule has 0 spiro atoms. The second kappa shape index (κ2) is 7.40. The summed E-state index contributed by atoms with van der Waals surface area (Å²) >= 11 is 3.35. The van der Waals surface area contributed by atoms with E-state index in [1.807, 2.05) is 19.9 Å². The average molecular weight is 366 g/mol. The Morgan fingerprint density at radius 2 is 1.91 bits per heavy atom. The molecule has 2 aromatic rings. The smallest absolute Gasteiger partial charge is 0.259 e. The Labute approximate surface area is 137 Å². The molecular formula is C17H17BrFNO2. The fourth-order valence-electron chi connectivity index (χ4n) is 1.79. The lowest BCUT2D eigenvalue weighted by atomic mass is 10.1. The van der Waals surface area contributed by atoms with E-state index in [9.17, 15) is 9.18 Å². The second-order valence-electron chi connectivity index (χ2n) is 5.31. The molecule has 3 nitrogen and oxygen atoms in total. The Hall–Kier alpha value is -1.88. The van der Waals surface area contributed by atoms with Crippen molar-refractivity contribution >= 4 is 27.5 Å². The van der Waals surface area contributed by atoms with Gasteiger partial charge in [0.1, 0.15) is 11.6 Å². The normalized spacial score (nSPS) is 10.6. The van der Waals surface area contributed by atoms with Gasteiger partial charge in [-0.05, 0) is 48.4 Å². The Morgan fingerprint density at radius 3 is 2.55 bits per heavy atom. The lowest BCUT2D eigenvalue weighted by molar-refractivity contribution is 0.102. The number of ether oxygens (including phenoxy) is 1. The van der Waals surface area contributed by atoms with Crippen molar-refractivity contribution in [2.75, 3.05) is 11.9 Å². The number of anilines is 1. The van der Waals surface area contributed by atoms with Crippen LogP contribution in [0.25, 0.3) is 0 Å². The Morgan fingerprint density at radius 1 is 1.23 bits per heavy atom. The van der Waals surface area contributed by atoms with E-state index in [1.165, 1.54) is 24.3 Å². The van der Waals surface area contributed by atoms with E-state index in [2.05, 4.69) is 21.2 Å². The van der Waals surface area contributed by atoms with Crippen molar-refractivity contribution in [1.82, 2.24) is 0 Å². The van der Waals surface area contributed by atoms with Gasteiger partial charge in [0.25, 0.3) is 5.91 Å². The third-order valence-electron chi connectivity index (χ3n) is 2.86. The average Bonchev–Trinajstić information content (AvgIpc) is 2.48. The summed E-state index contributed by atoms with van der Waals surface area (Å²) in [6.07, 6.45) is 0. The molecule has 0 aliphatic rings. The van der Waals surface area contributed by atoms with Crippen molar-refractivity contribution in [3.8, 4) is 5.75 Å². The minimum Gasteiger partial charge on any atom is -0.492 e. The largest absolute Gasteiger partial charge is 0.492 e. The van der Waals surface area contributed by atoms with Gasteiger partial charge in [-0.25, -0.2) is 4.39 Å². The molecular weight excluding hydrogens is 349 g/mol. The molecule has 2 rings (SSSR count). The van der Waals surface area contributed by atoms with Crippen LogP contribution < -0.4 is 10.1 Å². The van der Waals surface area contributed by atoms with Gasteiger partial charge in [0.15, 0.2) is 0 Å². The van der Waals surface area contributed by atoms with Gasteiger partial charge in [0, 0.05) is 10.2 Å². The van der Waals surface area contributed by atoms with Crippen LogP contribution in [0.2, 0.25) is 0 Å². The van der Waals surface area contributed by atoms with E-state index in [1.54, 1.807) is 12.1 Å². The van der Waals surface area contributed by atoms with Crippen LogP contribution in [-0.4, -0.2) is 12.5 Å². The number of hydrogen-bond acceptors (Lipinski definition) is 2. The molecule has 1 N–H and O–H groups in total. The summed E-state index contributed by atoms with van der Waals surface area (Å²) < 4.78 is 19.4. The zero-order valence-corrected chi connectivity index (χ0v) is 14.0. The molecule has 0 saturated carbocycles. The minimum absolute atomic E-state index is 0.299. The summed E-state index contributed by atoms with van der Waals surface area (Å²) in [6, 6.07) is 10.9. The minimum atomic E-state index is -0.346. The van der Waals surface area contributed by atoms with Crippen LogP contribution in [0.3, 0.4) is 0 Å². The van der Waals surface area contributed by atoms with Crippen LogP contribution in [0.4, 0.5) is 10.1 Å². The van der Waals surface area contributed by atoms with Crippen LogP contribution in [0.1, 0.15) is 24.2 Å². The van der Waals surface area contributed by atoms with Crippen molar-refractivity contribution < 1.29 is 13.9 Å². The van der Waals surface area contributed by atoms with E-state index in [0.29, 0.717) is 29.5 Å². The fourth-order valence-corrected chi connectivity index (χ4v) is 2.15. The Bertz CT molecular complexity index is 656. The number of nitrogens with one attached hydrogen (secondary N) is 1. The van der Waals surface area contributed by atoms with Gasteiger partial charge in [-0.15, -0.1) is 0 Å². The number of hydrogen-bond donors (Lipinski definition) is 1. The van der Waals surface area contributed by atoms with Gasteiger partial charge in [-0.3, -0.25) is 4.79 Å². The topological polar surface area (TPSA) is 38.3 Å². The lowest BCUT2D eigenvalue weighted by Gasteiger charge is -2.13. The molecule has 2 aromatic carbocycles. The summed E-state index contributed by atoms with van der Waals surface area (Å²) in [6.45, 7) is 4.60. The van der Waals surface area contributed by atoms with Gasteiger partial charge in [0.2, 0.25) is 0 Å². The summed E-state index contributed by atoms with van der Waals surface area (Å²) in [5.41, 5.74) is 0.959. The number of amides is 1. The third kappa shape index (κ3) is 4.56. The third-order valence-corrected chi connectivity index (χ3v) is 3.35. The first-order valence-corrected chi connectivity index (χ1v) is 7.74. The molecule has 116 valence electrons. The van der Waals surface area contributed by atoms with Gasteiger partial charge in [-0.2, -0.15) is 0 Å². The lowest BCUT2D eigenvalue weighted by Crippen LogP contribution is -2.15. The molecule has 0 fully saturated rings. The van der Waals surface area contributed by atoms with Crippen LogP contribution in [-0.2, 0) is 0 Å². The molecule has 0 atom stereocenters. The second-order valence-corrected chi connectivity index (χ2v) is 6.22. The van der Waals surface area contributed by atoms with Crippen LogP contribution in [0.5, 0.6) is 5.75 Å². The first-order chi connectivity index (χ1) is 10.5. The molecule has 22 heavy (non-hydrogen) atoms. The van der Waals surface area contributed by atoms with Crippen molar-refractivity contribution in [2.45, 2.75) is 13.8 Å². The van der Waals surface area contributed by atoms with Gasteiger partial charge in [-0.1, -0.05) is 29.8 Å². The summed E-state index contributed by atoms with van der Waals surface area (Å²) in [5, 5.41) is 2.73. The van der Waals surface area contributed by atoms with E-state index in [-0.39, 0.29) is 11.7 Å². The van der Waals surface area contributed by atoms with Crippen molar-refractivity contribution in [3.63, 3.8) is 0 Å². The maximum absolute atomic E-state index is 12.9. The van der Waals surface area contributed by atoms with Crippen LogP contribution >= 0.6 is 15.9 Å². The zero-order valence-electron chi connectivity index (χ0n) is 12.4. The highest BCUT2D eigenvalue weighted by atomic mass is 79.9. The number of carbonyl (C=O) groups is 1. The molecule has 0 bridgehead atoms. The molecule has 0 radical (unpaired) electrons. The van der Waals surface area contributed by atoms with Gasteiger partial charge < -0.3 is 10.1 Å². The monoisotopic (exact) mass is 365 g/mol. The maximum Gasteiger partial charge on any atom is 0.259 e. The SMILES string of the molecule is CC(C)COc1ccc(Br)cc1C(=O)Nc1ccc(F)cc1. The van der Waals surface area contributed by atoms with E-state index < -0.39 is 0 Å². The molecule has 0 aliphatic heterocycles. The highest BCUT2D eigenvalue weighted by Gasteiger charge is 2.14.